The molecule has 0 radical (unpaired) electrons. The zero-order valence-electron chi connectivity index (χ0n) is 16.5. The van der Waals surface area contributed by atoms with Crippen molar-refractivity contribution in [1.29, 1.82) is 0 Å². The van der Waals surface area contributed by atoms with Crippen LogP contribution in [0.1, 0.15) is 37.7 Å². The van der Waals surface area contributed by atoms with E-state index in [0.29, 0.717) is 0 Å². The van der Waals surface area contributed by atoms with Gasteiger partial charge in [-0.15, -0.1) is 0 Å². The normalized spacial score (nSPS) is 15.4. The van der Waals surface area contributed by atoms with Crippen molar-refractivity contribution in [2.45, 2.75) is 50.0 Å². The van der Waals surface area contributed by atoms with E-state index in [-0.39, 0.29) is 38.2 Å². The van der Waals surface area contributed by atoms with E-state index >= 15 is 0 Å². The van der Waals surface area contributed by atoms with Crippen molar-refractivity contribution in [3.05, 3.63) is 57.0 Å². The highest BCUT2D eigenvalue weighted by Crippen LogP contribution is 2.33. The molecule has 3 rings (SSSR count). The summed E-state index contributed by atoms with van der Waals surface area (Å²) in [6, 6.07) is 9.32. The molecule has 0 spiro atoms. The van der Waals surface area contributed by atoms with Gasteiger partial charge < -0.3 is 5.32 Å². The lowest BCUT2D eigenvalue weighted by atomic mass is 9.95. The SMILES string of the molecule is Cc1ccc(S(=O)(=O)N(CC(=O)Nc2cc(Cl)c(Cl)cc2Cl)C2CCCCC2)cc1. The van der Waals surface area contributed by atoms with Crippen LogP contribution < -0.4 is 5.32 Å². The summed E-state index contributed by atoms with van der Waals surface area (Å²) < 4.78 is 28.1. The summed E-state index contributed by atoms with van der Waals surface area (Å²) in [6.07, 6.45) is 4.40. The molecule has 0 atom stereocenters. The van der Waals surface area contributed by atoms with Gasteiger partial charge in [-0.3, -0.25) is 4.79 Å². The maximum atomic E-state index is 13.4. The van der Waals surface area contributed by atoms with Gasteiger partial charge in [-0.05, 0) is 44.0 Å². The van der Waals surface area contributed by atoms with Crippen molar-refractivity contribution in [2.24, 2.45) is 0 Å². The van der Waals surface area contributed by atoms with Gasteiger partial charge in [0.05, 0.1) is 32.2 Å². The van der Waals surface area contributed by atoms with Gasteiger partial charge >= 0.3 is 0 Å². The second-order valence-corrected chi connectivity index (χ2v) is 10.6. The molecule has 5 nitrogen and oxygen atoms in total. The van der Waals surface area contributed by atoms with Gasteiger partial charge in [0.1, 0.15) is 0 Å². The third-order valence-electron chi connectivity index (χ3n) is 5.19. The molecular formula is C21H23Cl3N2O3S. The second kappa shape index (κ2) is 9.88. The van der Waals surface area contributed by atoms with Gasteiger partial charge in [0, 0.05) is 6.04 Å². The fourth-order valence-corrected chi connectivity index (χ4v) is 5.81. The van der Waals surface area contributed by atoms with Crippen molar-refractivity contribution in [1.82, 2.24) is 4.31 Å². The Morgan fingerprint density at radius 3 is 2.23 bits per heavy atom. The number of carbonyl (C=O) groups is 1. The van der Waals surface area contributed by atoms with Crippen LogP contribution in [-0.4, -0.2) is 31.2 Å². The van der Waals surface area contributed by atoms with Crippen molar-refractivity contribution in [3.8, 4) is 0 Å². The van der Waals surface area contributed by atoms with Gasteiger partial charge in [0.15, 0.2) is 0 Å². The Hall–Kier alpha value is -1.31. The van der Waals surface area contributed by atoms with E-state index in [1.54, 1.807) is 24.3 Å². The second-order valence-electron chi connectivity index (χ2n) is 7.45. The van der Waals surface area contributed by atoms with E-state index in [9.17, 15) is 13.2 Å². The summed E-state index contributed by atoms with van der Waals surface area (Å²) in [7, 11) is -3.84. The highest BCUT2D eigenvalue weighted by atomic mass is 35.5. The quantitative estimate of drug-likeness (QED) is 0.512. The molecular weight excluding hydrogens is 467 g/mol. The van der Waals surface area contributed by atoms with Crippen LogP contribution in [0, 0.1) is 6.92 Å². The van der Waals surface area contributed by atoms with E-state index < -0.39 is 15.9 Å². The number of hydrogen-bond donors (Lipinski definition) is 1. The number of sulfonamides is 1. The first kappa shape index (κ1) is 23.4. The topological polar surface area (TPSA) is 66.5 Å². The van der Waals surface area contributed by atoms with Crippen molar-refractivity contribution in [2.75, 3.05) is 11.9 Å². The minimum absolute atomic E-state index is 0.180. The molecule has 1 amide bonds. The average molecular weight is 490 g/mol. The Labute approximate surface area is 192 Å². The third-order valence-corrected chi connectivity index (χ3v) is 8.14. The molecule has 2 aromatic rings. The molecule has 1 fully saturated rings. The summed E-state index contributed by atoms with van der Waals surface area (Å²) in [5.74, 6) is -0.489. The summed E-state index contributed by atoms with van der Waals surface area (Å²) >= 11 is 18.1. The lowest BCUT2D eigenvalue weighted by Gasteiger charge is -2.33. The average Bonchev–Trinajstić information content (AvgIpc) is 2.71. The van der Waals surface area contributed by atoms with Crippen LogP contribution in [0.3, 0.4) is 0 Å². The molecule has 1 N–H and O–H groups in total. The standard InChI is InChI=1S/C21H23Cl3N2O3S/c1-14-7-9-16(10-8-14)30(28,29)26(15-5-3-2-4-6-15)13-21(27)25-20-12-18(23)17(22)11-19(20)24/h7-12,15H,2-6,13H2,1H3,(H,25,27). The summed E-state index contributed by atoms with van der Waals surface area (Å²) in [5.41, 5.74) is 1.25. The molecule has 0 unspecified atom stereocenters. The molecule has 1 aliphatic rings. The monoisotopic (exact) mass is 488 g/mol. The van der Waals surface area contributed by atoms with Gasteiger partial charge in [0.2, 0.25) is 15.9 Å². The third kappa shape index (κ3) is 5.48. The first-order chi connectivity index (χ1) is 14.2. The number of halogens is 3. The van der Waals surface area contributed by atoms with Crippen LogP contribution in [0.5, 0.6) is 0 Å². The number of anilines is 1. The van der Waals surface area contributed by atoms with E-state index in [0.717, 1.165) is 37.7 Å². The summed E-state index contributed by atoms with van der Waals surface area (Å²) in [4.78, 5) is 13.0. The maximum absolute atomic E-state index is 13.4. The Morgan fingerprint density at radius 1 is 1.00 bits per heavy atom. The smallest absolute Gasteiger partial charge is 0.243 e. The first-order valence-electron chi connectivity index (χ1n) is 9.71. The molecule has 0 aliphatic heterocycles. The van der Waals surface area contributed by atoms with E-state index in [4.69, 9.17) is 34.8 Å². The fraction of sp³-hybridized carbons (Fsp3) is 0.381. The molecule has 0 heterocycles. The van der Waals surface area contributed by atoms with Gasteiger partial charge in [-0.2, -0.15) is 4.31 Å². The van der Waals surface area contributed by atoms with Crippen molar-refractivity contribution >= 4 is 56.4 Å². The van der Waals surface area contributed by atoms with Crippen LogP contribution in [0.15, 0.2) is 41.3 Å². The number of aryl methyl sites for hydroxylation is 1. The fourth-order valence-electron chi connectivity index (χ4n) is 3.57. The largest absolute Gasteiger partial charge is 0.324 e. The van der Waals surface area contributed by atoms with Crippen LogP contribution in [-0.2, 0) is 14.8 Å². The minimum atomic E-state index is -3.84. The maximum Gasteiger partial charge on any atom is 0.243 e. The van der Waals surface area contributed by atoms with E-state index in [2.05, 4.69) is 5.32 Å². The Kier molecular flexibility index (Phi) is 7.69. The summed E-state index contributed by atoms with van der Waals surface area (Å²) in [5, 5.41) is 3.40. The predicted molar refractivity (Wildman–Crippen MR) is 122 cm³/mol. The number of nitrogens with zero attached hydrogens (tertiary/aromatic N) is 1. The Balaban J connectivity index is 1.86. The molecule has 1 saturated carbocycles. The predicted octanol–water partition coefficient (Wildman–Crippen LogP) is 5.92. The molecule has 162 valence electrons. The van der Waals surface area contributed by atoms with E-state index in [1.165, 1.54) is 16.4 Å². The molecule has 2 aromatic carbocycles. The minimum Gasteiger partial charge on any atom is -0.324 e. The zero-order valence-corrected chi connectivity index (χ0v) is 19.6. The lowest BCUT2D eigenvalue weighted by molar-refractivity contribution is -0.116. The Bertz CT molecular complexity index is 1020. The molecule has 0 saturated heterocycles. The highest BCUT2D eigenvalue weighted by Gasteiger charge is 2.34. The number of nitrogens with one attached hydrogen (secondary N) is 1. The number of benzene rings is 2. The van der Waals surface area contributed by atoms with Crippen LogP contribution in [0.25, 0.3) is 0 Å². The number of carbonyl (C=O) groups excluding carboxylic acids is 1. The molecule has 0 aromatic heterocycles. The molecule has 0 bridgehead atoms. The summed E-state index contributed by atoms with van der Waals surface area (Å²) in [6.45, 7) is 1.58. The van der Waals surface area contributed by atoms with Gasteiger partial charge in [-0.1, -0.05) is 71.8 Å². The highest BCUT2D eigenvalue weighted by molar-refractivity contribution is 7.89. The number of rotatable bonds is 6. The van der Waals surface area contributed by atoms with Gasteiger partial charge in [0.25, 0.3) is 0 Å². The van der Waals surface area contributed by atoms with Crippen LogP contribution in [0.2, 0.25) is 15.1 Å². The van der Waals surface area contributed by atoms with Crippen molar-refractivity contribution in [3.63, 3.8) is 0 Å². The molecule has 1 aliphatic carbocycles. The zero-order chi connectivity index (χ0) is 21.9. The van der Waals surface area contributed by atoms with Crippen LogP contribution in [0.4, 0.5) is 5.69 Å². The first-order valence-corrected chi connectivity index (χ1v) is 12.3. The Morgan fingerprint density at radius 2 is 1.60 bits per heavy atom. The molecule has 30 heavy (non-hydrogen) atoms. The van der Waals surface area contributed by atoms with Crippen LogP contribution >= 0.6 is 34.8 Å². The van der Waals surface area contributed by atoms with Gasteiger partial charge in [-0.25, -0.2) is 8.42 Å². The van der Waals surface area contributed by atoms with E-state index in [1.807, 2.05) is 6.92 Å². The van der Waals surface area contributed by atoms with Crippen molar-refractivity contribution < 1.29 is 13.2 Å². The molecule has 9 heteroatoms. The number of amides is 1. The lowest BCUT2D eigenvalue weighted by Crippen LogP contribution is -2.45. The number of hydrogen-bond acceptors (Lipinski definition) is 3.